The first-order valence-electron chi connectivity index (χ1n) is 10.2. The van der Waals surface area contributed by atoms with Gasteiger partial charge < -0.3 is 4.74 Å². The molecule has 1 fully saturated rings. The summed E-state index contributed by atoms with van der Waals surface area (Å²) in [5, 5.41) is 6.73. The number of H-pyrrole nitrogens is 2. The minimum atomic E-state index is -0.156. The molecule has 3 aromatic heterocycles. The van der Waals surface area contributed by atoms with Crippen LogP contribution in [-0.2, 0) is 11.3 Å². The Bertz CT molecular complexity index is 1190. The minimum Gasteiger partial charge on any atom is -0.381 e. The Morgan fingerprint density at radius 3 is 2.57 bits per heavy atom. The van der Waals surface area contributed by atoms with Crippen LogP contribution in [0.1, 0.15) is 25.7 Å². The van der Waals surface area contributed by atoms with E-state index in [0.717, 1.165) is 42.5 Å². The van der Waals surface area contributed by atoms with Gasteiger partial charge >= 0.3 is 5.69 Å². The van der Waals surface area contributed by atoms with E-state index in [0.29, 0.717) is 35.7 Å². The molecule has 0 aliphatic heterocycles. The number of benzene rings is 1. The van der Waals surface area contributed by atoms with Gasteiger partial charge in [-0.25, -0.2) is 19.7 Å². The Morgan fingerprint density at radius 1 is 1.10 bits per heavy atom. The van der Waals surface area contributed by atoms with Crippen molar-refractivity contribution in [1.82, 2.24) is 34.7 Å². The van der Waals surface area contributed by atoms with Crippen LogP contribution >= 0.6 is 0 Å². The summed E-state index contributed by atoms with van der Waals surface area (Å²) in [4.78, 5) is 28.7. The molecule has 1 aliphatic carbocycles. The van der Waals surface area contributed by atoms with Crippen molar-refractivity contribution in [2.45, 2.75) is 38.3 Å². The van der Waals surface area contributed by atoms with Crippen LogP contribution in [0.4, 0.5) is 0 Å². The number of aromatic nitrogens is 7. The highest BCUT2D eigenvalue weighted by Gasteiger charge is 2.23. The van der Waals surface area contributed by atoms with Crippen molar-refractivity contribution in [2.75, 3.05) is 7.11 Å². The molecular formula is C21H23N7O2. The second-order valence-electron chi connectivity index (χ2n) is 7.76. The third kappa shape index (κ3) is 3.52. The first kappa shape index (κ1) is 18.7. The predicted octanol–water partition coefficient (Wildman–Crippen LogP) is 2.78. The Morgan fingerprint density at radius 2 is 1.87 bits per heavy atom. The van der Waals surface area contributed by atoms with Crippen molar-refractivity contribution in [2.24, 2.45) is 5.92 Å². The monoisotopic (exact) mass is 405 g/mol. The van der Waals surface area contributed by atoms with Gasteiger partial charge in [0.1, 0.15) is 6.33 Å². The molecule has 30 heavy (non-hydrogen) atoms. The molecule has 5 rings (SSSR count). The van der Waals surface area contributed by atoms with Crippen LogP contribution in [-0.4, -0.2) is 47.9 Å². The fraction of sp³-hybridized carbons (Fsp3) is 0.381. The van der Waals surface area contributed by atoms with E-state index in [1.54, 1.807) is 17.9 Å². The summed E-state index contributed by atoms with van der Waals surface area (Å²) in [5.41, 5.74) is 3.56. The maximum atomic E-state index is 12.5. The van der Waals surface area contributed by atoms with Crippen molar-refractivity contribution in [3.05, 3.63) is 47.3 Å². The lowest BCUT2D eigenvalue weighted by Crippen LogP contribution is -2.27. The van der Waals surface area contributed by atoms with Crippen molar-refractivity contribution >= 4 is 11.3 Å². The second kappa shape index (κ2) is 7.83. The Hall–Kier alpha value is -3.33. The molecule has 0 amide bonds. The van der Waals surface area contributed by atoms with Crippen LogP contribution in [0.3, 0.4) is 0 Å². The number of aromatic amines is 2. The smallest absolute Gasteiger partial charge is 0.328 e. The molecular weight excluding hydrogens is 382 g/mol. The van der Waals surface area contributed by atoms with E-state index in [1.807, 2.05) is 24.3 Å². The summed E-state index contributed by atoms with van der Waals surface area (Å²) in [6.45, 7) is 0.651. The zero-order valence-corrected chi connectivity index (χ0v) is 16.7. The van der Waals surface area contributed by atoms with Crippen molar-refractivity contribution < 1.29 is 4.74 Å². The molecule has 9 heteroatoms. The van der Waals surface area contributed by atoms with Gasteiger partial charge in [-0.1, -0.05) is 24.3 Å². The standard InChI is InChI=1S/C21H23N7O2/c1-30-16-8-2-13(3-9-16)11-28-20-19(26-21(28)29)22-10-17(25-20)14-4-6-15(7-5-14)18-23-12-24-27-18/h4-7,10,12-13,16H,2-3,8-9,11H2,1H3,(H,22,26,29)(H,23,24,27)/t13-,16-. The van der Waals surface area contributed by atoms with E-state index >= 15 is 0 Å². The molecule has 9 nitrogen and oxygen atoms in total. The third-order valence-corrected chi connectivity index (χ3v) is 5.92. The fourth-order valence-corrected chi connectivity index (χ4v) is 4.18. The molecule has 0 unspecified atom stereocenters. The lowest BCUT2D eigenvalue weighted by atomic mass is 9.87. The Kier molecular flexibility index (Phi) is 4.88. The number of hydrogen-bond donors (Lipinski definition) is 2. The molecule has 0 spiro atoms. The maximum Gasteiger partial charge on any atom is 0.328 e. The van der Waals surface area contributed by atoms with Gasteiger partial charge in [0.05, 0.1) is 18.0 Å². The average molecular weight is 405 g/mol. The number of nitrogens with zero attached hydrogens (tertiary/aromatic N) is 5. The highest BCUT2D eigenvalue weighted by molar-refractivity contribution is 5.72. The highest BCUT2D eigenvalue weighted by Crippen LogP contribution is 2.28. The normalized spacial score (nSPS) is 19.4. The maximum absolute atomic E-state index is 12.5. The molecule has 0 atom stereocenters. The molecule has 1 aromatic carbocycles. The fourth-order valence-electron chi connectivity index (χ4n) is 4.18. The largest absolute Gasteiger partial charge is 0.381 e. The number of imidazole rings is 1. The van der Waals surface area contributed by atoms with E-state index in [4.69, 9.17) is 9.72 Å². The predicted molar refractivity (Wildman–Crippen MR) is 112 cm³/mol. The summed E-state index contributed by atoms with van der Waals surface area (Å²) in [7, 11) is 1.77. The van der Waals surface area contributed by atoms with Crippen LogP contribution in [0.25, 0.3) is 33.9 Å². The van der Waals surface area contributed by atoms with Gasteiger partial charge in [0, 0.05) is 24.8 Å². The van der Waals surface area contributed by atoms with Gasteiger partial charge in [0.15, 0.2) is 17.1 Å². The molecule has 0 bridgehead atoms. The Balaban J connectivity index is 1.42. The van der Waals surface area contributed by atoms with Crippen LogP contribution in [0.2, 0.25) is 0 Å². The summed E-state index contributed by atoms with van der Waals surface area (Å²) >= 11 is 0. The Labute approximate surface area is 172 Å². The van der Waals surface area contributed by atoms with E-state index in [-0.39, 0.29) is 5.69 Å². The average Bonchev–Trinajstić information content (AvgIpc) is 3.43. The van der Waals surface area contributed by atoms with E-state index in [9.17, 15) is 4.79 Å². The quantitative estimate of drug-likeness (QED) is 0.528. The van der Waals surface area contributed by atoms with Crippen LogP contribution in [0, 0.1) is 5.92 Å². The van der Waals surface area contributed by atoms with Crippen LogP contribution in [0.5, 0.6) is 0 Å². The molecule has 0 radical (unpaired) electrons. The SMILES string of the molecule is CO[C@H]1CC[C@H](Cn2c(=O)[nH]c3ncc(-c4ccc(-c5ncn[nH]5)cc4)nc32)CC1. The number of fused-ring (bicyclic) bond motifs is 1. The summed E-state index contributed by atoms with van der Waals surface area (Å²) in [5.74, 6) is 1.16. The van der Waals surface area contributed by atoms with Gasteiger partial charge in [-0.2, -0.15) is 5.10 Å². The summed E-state index contributed by atoms with van der Waals surface area (Å²) in [6, 6.07) is 7.85. The second-order valence-corrected chi connectivity index (χ2v) is 7.76. The van der Waals surface area contributed by atoms with Crippen molar-refractivity contribution in [3.63, 3.8) is 0 Å². The first-order valence-corrected chi connectivity index (χ1v) is 10.2. The molecule has 1 saturated carbocycles. The number of hydrogen-bond acceptors (Lipinski definition) is 6. The van der Waals surface area contributed by atoms with Crippen LogP contribution < -0.4 is 5.69 Å². The first-order chi connectivity index (χ1) is 14.7. The molecule has 3 heterocycles. The van der Waals surface area contributed by atoms with Crippen LogP contribution in [0.15, 0.2) is 41.6 Å². The van der Waals surface area contributed by atoms with Crippen molar-refractivity contribution in [3.8, 4) is 22.6 Å². The molecule has 1 aliphatic rings. The molecule has 4 aromatic rings. The minimum absolute atomic E-state index is 0.156. The number of rotatable bonds is 5. The molecule has 0 saturated heterocycles. The summed E-state index contributed by atoms with van der Waals surface area (Å²) in [6.07, 6.45) is 7.68. The van der Waals surface area contributed by atoms with E-state index < -0.39 is 0 Å². The van der Waals surface area contributed by atoms with Gasteiger partial charge in [-0.05, 0) is 31.6 Å². The molecule has 154 valence electrons. The third-order valence-electron chi connectivity index (χ3n) is 5.92. The van der Waals surface area contributed by atoms with Gasteiger partial charge in [-0.3, -0.25) is 14.6 Å². The lowest BCUT2D eigenvalue weighted by molar-refractivity contribution is 0.0542. The zero-order chi connectivity index (χ0) is 20.5. The molecule has 2 N–H and O–H groups in total. The summed E-state index contributed by atoms with van der Waals surface area (Å²) < 4.78 is 7.19. The van der Waals surface area contributed by atoms with Gasteiger partial charge in [0.2, 0.25) is 0 Å². The lowest BCUT2D eigenvalue weighted by Gasteiger charge is -2.27. The van der Waals surface area contributed by atoms with Gasteiger partial charge in [0.25, 0.3) is 0 Å². The zero-order valence-electron chi connectivity index (χ0n) is 16.7. The van der Waals surface area contributed by atoms with E-state index in [2.05, 4.69) is 25.1 Å². The number of ether oxygens (including phenoxy) is 1. The van der Waals surface area contributed by atoms with Crippen molar-refractivity contribution in [1.29, 1.82) is 0 Å². The number of nitrogens with one attached hydrogen (secondary N) is 2. The topological polar surface area (TPSA) is 114 Å². The number of methoxy groups -OCH3 is 1. The highest BCUT2D eigenvalue weighted by atomic mass is 16.5. The van der Waals surface area contributed by atoms with Gasteiger partial charge in [-0.15, -0.1) is 0 Å². The van der Waals surface area contributed by atoms with E-state index in [1.165, 1.54) is 6.33 Å².